The number of unbranched alkanes of at least 4 members (excludes halogenated alkanes) is 14. The van der Waals surface area contributed by atoms with Crippen LogP contribution in [0.3, 0.4) is 0 Å². The third-order valence-corrected chi connectivity index (χ3v) is 10.8. The molecule has 1 amide bonds. The third kappa shape index (κ3) is 17.4. The number of anilines is 1. The number of alkyl carbamates (subject to hydrolysis) is 1. The van der Waals surface area contributed by atoms with Crippen molar-refractivity contribution in [1.29, 1.82) is 0 Å². The van der Waals surface area contributed by atoms with Gasteiger partial charge in [0, 0.05) is 12.8 Å². The number of H-pyrrole nitrogens is 1. The zero-order valence-corrected chi connectivity index (χ0v) is 36.7. The lowest BCUT2D eigenvalue weighted by atomic mass is 10.0. The summed E-state index contributed by atoms with van der Waals surface area (Å²) in [4.78, 5) is 74.7. The molecule has 0 bridgehead atoms. The molecule has 344 valence electrons. The number of benzene rings is 1. The van der Waals surface area contributed by atoms with Crippen LogP contribution in [-0.2, 0) is 44.7 Å². The van der Waals surface area contributed by atoms with Crippen molar-refractivity contribution < 1.29 is 47.3 Å². The summed E-state index contributed by atoms with van der Waals surface area (Å²) in [5, 5.41) is 2.53. The van der Waals surface area contributed by atoms with E-state index in [0.717, 1.165) is 24.8 Å². The van der Waals surface area contributed by atoms with Crippen LogP contribution in [0.25, 0.3) is 11.2 Å². The fourth-order valence-electron chi connectivity index (χ4n) is 7.24. The molecule has 1 aliphatic rings. The molecule has 1 aromatic carbocycles. The molecular formula is C45H67FN6O10. The van der Waals surface area contributed by atoms with Crippen molar-refractivity contribution in [3.05, 3.63) is 52.6 Å². The molecule has 0 radical (unpaired) electrons. The number of ether oxygens (including phenoxy) is 5. The first-order chi connectivity index (χ1) is 29.9. The van der Waals surface area contributed by atoms with Crippen LogP contribution < -0.4 is 16.6 Å². The minimum Gasteiger partial charge on any atom is -0.463 e. The molecule has 62 heavy (non-hydrogen) atoms. The van der Waals surface area contributed by atoms with Crippen LogP contribution in [0.5, 0.6) is 0 Å². The Morgan fingerprint density at radius 3 is 2.16 bits per heavy atom. The van der Waals surface area contributed by atoms with Gasteiger partial charge < -0.3 is 34.7 Å². The molecule has 3 heterocycles. The predicted octanol–water partition coefficient (Wildman–Crippen LogP) is 7.93. The average molecular weight is 871 g/mol. The Labute approximate surface area is 363 Å². The fourth-order valence-corrected chi connectivity index (χ4v) is 7.24. The number of nitrogens with one attached hydrogen (secondary N) is 2. The largest absolute Gasteiger partial charge is 0.463 e. The van der Waals surface area contributed by atoms with E-state index >= 15 is 4.39 Å². The maximum absolute atomic E-state index is 15.2. The Morgan fingerprint density at radius 2 is 1.53 bits per heavy atom. The van der Waals surface area contributed by atoms with E-state index in [1.807, 2.05) is 6.07 Å². The number of nitrogens with zero attached hydrogens (tertiary/aromatic N) is 3. The first kappa shape index (κ1) is 49.6. The Bertz CT molecular complexity index is 1870. The van der Waals surface area contributed by atoms with Gasteiger partial charge in [0.15, 0.2) is 11.2 Å². The first-order valence-electron chi connectivity index (χ1n) is 22.5. The summed E-state index contributed by atoms with van der Waals surface area (Å²) in [6.45, 7) is 4.68. The molecule has 0 saturated carbocycles. The quantitative estimate of drug-likeness (QED) is 0.0344. The van der Waals surface area contributed by atoms with Gasteiger partial charge in [0.25, 0.3) is 5.56 Å². The number of hydrogen-bond donors (Lipinski definition) is 3. The molecule has 17 heteroatoms. The Hall–Kier alpha value is -5.06. The number of nitrogens with two attached hydrogens (primary N) is 1. The topological polar surface area (TPSA) is 216 Å². The summed E-state index contributed by atoms with van der Waals surface area (Å²) in [7, 11) is 0. The Morgan fingerprint density at radius 1 is 0.903 bits per heavy atom. The highest BCUT2D eigenvalue weighted by Gasteiger charge is 2.39. The molecule has 16 nitrogen and oxygen atoms in total. The number of hydrogen-bond acceptors (Lipinski definition) is 13. The SMILES string of the molecule is CCCCCCCCCCCCCCCCCC(=O)OCC(CC(=O)OC[C@H]1O[C@@H](n2cnc3c(=O)[nH]c(N)nc32)C[C@@H]1F)OC(=O)[C@@H](NC(=O)OCc1ccccc1)C(C)C. The number of carbonyl (C=O) groups excluding carboxylic acids is 4. The number of amides is 1. The zero-order valence-electron chi connectivity index (χ0n) is 36.7. The van der Waals surface area contributed by atoms with Gasteiger partial charge >= 0.3 is 24.0 Å². The summed E-state index contributed by atoms with van der Waals surface area (Å²) in [6.07, 6.45) is 12.9. The first-order valence-corrected chi connectivity index (χ1v) is 22.5. The highest BCUT2D eigenvalue weighted by Crippen LogP contribution is 2.32. The summed E-state index contributed by atoms with van der Waals surface area (Å²) < 4.78 is 44.2. The Balaban J connectivity index is 1.24. The van der Waals surface area contributed by atoms with Crippen molar-refractivity contribution in [3.63, 3.8) is 0 Å². The minimum absolute atomic E-state index is 0.00294. The number of nitrogen functional groups attached to an aromatic ring is 1. The molecule has 0 spiro atoms. The predicted molar refractivity (Wildman–Crippen MR) is 230 cm³/mol. The van der Waals surface area contributed by atoms with E-state index in [4.69, 9.17) is 29.4 Å². The van der Waals surface area contributed by atoms with E-state index in [2.05, 4.69) is 27.2 Å². The van der Waals surface area contributed by atoms with Crippen LogP contribution in [0.1, 0.15) is 148 Å². The molecule has 2 aromatic heterocycles. The molecule has 1 aliphatic heterocycles. The highest BCUT2D eigenvalue weighted by molar-refractivity contribution is 5.82. The van der Waals surface area contributed by atoms with E-state index < -0.39 is 85.8 Å². The molecule has 3 aromatic rings. The third-order valence-electron chi connectivity index (χ3n) is 10.8. The van der Waals surface area contributed by atoms with Gasteiger partial charge in [0.1, 0.15) is 50.5 Å². The normalized spacial score (nSPS) is 17.1. The van der Waals surface area contributed by atoms with E-state index in [0.29, 0.717) is 6.42 Å². The van der Waals surface area contributed by atoms with Crippen LogP contribution in [0.15, 0.2) is 41.5 Å². The van der Waals surface area contributed by atoms with Crippen LogP contribution in [-0.4, -0.2) is 81.2 Å². The molecule has 1 fully saturated rings. The number of aromatic nitrogens is 4. The van der Waals surface area contributed by atoms with Crippen LogP contribution >= 0.6 is 0 Å². The number of alkyl halides is 1. The monoisotopic (exact) mass is 870 g/mol. The second-order valence-corrected chi connectivity index (χ2v) is 16.4. The number of rotatable bonds is 29. The number of imidazole rings is 1. The van der Waals surface area contributed by atoms with E-state index in [9.17, 15) is 24.0 Å². The van der Waals surface area contributed by atoms with Crippen molar-refractivity contribution >= 4 is 41.1 Å². The van der Waals surface area contributed by atoms with Crippen LogP contribution in [0.2, 0.25) is 0 Å². The van der Waals surface area contributed by atoms with E-state index in [-0.39, 0.29) is 36.6 Å². The van der Waals surface area contributed by atoms with Gasteiger partial charge in [-0.3, -0.25) is 23.9 Å². The molecule has 0 aliphatic carbocycles. The van der Waals surface area contributed by atoms with Crippen LogP contribution in [0, 0.1) is 5.92 Å². The summed E-state index contributed by atoms with van der Waals surface area (Å²) in [5.74, 6) is -2.84. The van der Waals surface area contributed by atoms with Crippen molar-refractivity contribution in [2.75, 3.05) is 18.9 Å². The number of carbonyl (C=O) groups is 4. The average Bonchev–Trinajstić information content (AvgIpc) is 3.84. The molecule has 4 rings (SSSR count). The second-order valence-electron chi connectivity index (χ2n) is 16.4. The van der Waals surface area contributed by atoms with Crippen molar-refractivity contribution in [2.45, 2.75) is 174 Å². The highest BCUT2D eigenvalue weighted by atomic mass is 19.1. The van der Waals surface area contributed by atoms with E-state index in [1.165, 1.54) is 81.5 Å². The lowest BCUT2D eigenvalue weighted by molar-refractivity contribution is -0.167. The fraction of sp³-hybridized carbons (Fsp3) is 0.667. The van der Waals surface area contributed by atoms with Crippen LogP contribution in [0.4, 0.5) is 15.1 Å². The van der Waals surface area contributed by atoms with Crippen molar-refractivity contribution in [1.82, 2.24) is 24.8 Å². The molecule has 1 saturated heterocycles. The van der Waals surface area contributed by atoms with Gasteiger partial charge in [-0.25, -0.2) is 19.0 Å². The van der Waals surface area contributed by atoms with Gasteiger partial charge in [0.05, 0.1) is 12.7 Å². The number of aromatic amines is 1. The summed E-state index contributed by atoms with van der Waals surface area (Å²) >= 11 is 0. The molecule has 4 N–H and O–H groups in total. The summed E-state index contributed by atoms with van der Waals surface area (Å²) in [6, 6.07) is 7.85. The van der Waals surface area contributed by atoms with Crippen molar-refractivity contribution in [3.8, 4) is 0 Å². The van der Waals surface area contributed by atoms with Gasteiger partial charge in [-0.15, -0.1) is 0 Å². The Kier molecular flexibility index (Phi) is 21.7. The second kappa shape index (κ2) is 27.1. The maximum atomic E-state index is 15.2. The zero-order chi connectivity index (χ0) is 44.7. The van der Waals surface area contributed by atoms with E-state index in [1.54, 1.807) is 38.1 Å². The van der Waals surface area contributed by atoms with Gasteiger partial charge in [0.2, 0.25) is 5.95 Å². The number of fused-ring (bicyclic) bond motifs is 1. The standard InChI is InChI=1S/C45H67FN6O10/c1-4-5-6-7-8-9-10-11-12-13-14-15-16-17-21-24-37(53)58-28-33(61-43(56)39(31(2)3)49-45(57)60-27-32-22-19-18-20-23-32)25-38(54)59-29-35-34(46)26-36(62-35)52-30-48-40-41(52)50-44(47)51-42(40)55/h18-20,22-23,30-31,33-36,39H,4-17,21,24-29H2,1-3H3,(H,49,57)(H3,47,50,51,55)/t33?,34-,35+,36+,39-/m0/s1. The maximum Gasteiger partial charge on any atom is 0.408 e. The lowest BCUT2D eigenvalue weighted by Crippen LogP contribution is -2.47. The van der Waals surface area contributed by atoms with Crippen molar-refractivity contribution in [2.24, 2.45) is 5.92 Å². The summed E-state index contributed by atoms with van der Waals surface area (Å²) in [5.41, 5.74) is 5.99. The number of esters is 3. The molecule has 1 unspecified atom stereocenters. The molecular weight excluding hydrogens is 804 g/mol. The lowest BCUT2D eigenvalue weighted by Gasteiger charge is -2.24. The minimum atomic E-state index is -1.56. The van der Waals surface area contributed by atoms with Gasteiger partial charge in [-0.1, -0.05) is 141 Å². The molecule has 5 atom stereocenters. The van der Waals surface area contributed by atoms with Gasteiger partial charge in [-0.2, -0.15) is 4.98 Å². The smallest absolute Gasteiger partial charge is 0.408 e. The van der Waals surface area contributed by atoms with Gasteiger partial charge in [-0.05, 0) is 17.9 Å². The number of halogens is 1.